The molecule has 0 aromatic heterocycles. The maximum atomic E-state index is 2.24. The summed E-state index contributed by atoms with van der Waals surface area (Å²) in [6.07, 6.45) is 1.27. The van der Waals surface area contributed by atoms with Gasteiger partial charge in [-0.25, -0.2) is 0 Å². The fourth-order valence-corrected chi connectivity index (χ4v) is 0.451. The van der Waals surface area contributed by atoms with Crippen molar-refractivity contribution >= 4 is 22.2 Å². The van der Waals surface area contributed by atoms with Gasteiger partial charge in [0.05, 0.1) is 7.74 Å². The lowest BCUT2D eigenvalue weighted by atomic mass is 9.54. The first kappa shape index (κ1) is 6.93. The minimum absolute atomic E-state index is 1.18. The first-order chi connectivity index (χ1) is 3.41. The second-order valence-electron chi connectivity index (χ2n) is 1.67. The molecule has 0 spiro atoms. The van der Waals surface area contributed by atoms with Crippen LogP contribution in [0.1, 0.15) is 6.92 Å². The normalized spacial score (nSPS) is 9.29. The van der Waals surface area contributed by atoms with Gasteiger partial charge in [-0.3, -0.25) is 0 Å². The van der Waals surface area contributed by atoms with E-state index in [1.165, 1.54) is 20.8 Å². The van der Waals surface area contributed by atoms with Crippen LogP contribution in [0.4, 0.5) is 0 Å². The summed E-state index contributed by atoms with van der Waals surface area (Å²) in [5, 5.41) is 0. The van der Waals surface area contributed by atoms with E-state index in [0.717, 1.165) is 0 Å². The van der Waals surface area contributed by atoms with Crippen molar-refractivity contribution in [3.05, 3.63) is 12.0 Å². The zero-order chi connectivity index (χ0) is 5.54. The molecule has 0 atom stereocenters. The zero-order valence-corrected chi connectivity index (χ0v) is 5.28. The summed E-state index contributed by atoms with van der Waals surface area (Å²) in [6.45, 7) is 2.19. The monoisotopic (exact) mass is 92.1 g/mol. The molecule has 0 unspecified atom stereocenters. The van der Waals surface area contributed by atoms with Crippen molar-refractivity contribution in [1.82, 2.24) is 0 Å². The highest BCUT2D eigenvalue weighted by Gasteiger charge is 1.73. The molecule has 0 amide bonds. The van der Waals surface area contributed by atoms with Gasteiger partial charge in [0.25, 0.3) is 0 Å². The van der Waals surface area contributed by atoms with E-state index in [0.29, 0.717) is 0 Å². The third-order valence-corrected chi connectivity index (χ3v) is 0.858. The van der Waals surface area contributed by atoms with Crippen LogP contribution < -0.4 is 0 Å². The molecule has 3 heteroatoms. The van der Waals surface area contributed by atoms with Crippen LogP contribution >= 0.6 is 0 Å². The highest BCUT2D eigenvalue weighted by atomic mass is 13.4. The van der Waals surface area contributed by atoms with E-state index < -0.39 is 0 Å². The lowest BCUT2D eigenvalue weighted by molar-refractivity contribution is 1.46. The van der Waals surface area contributed by atoms with Crippen molar-refractivity contribution in [3.63, 3.8) is 0 Å². The van der Waals surface area contributed by atoms with Crippen LogP contribution in [-0.2, 0) is 0 Å². The molecular weight excluding hydrogens is 80.5 g/mol. The molecule has 36 valence electrons. The Kier molecular flexibility index (Phi) is 5.88. The Morgan fingerprint density at radius 1 is 1.57 bits per heavy atom. The third kappa shape index (κ3) is 5.93. The molecule has 0 aliphatic rings. The van der Waals surface area contributed by atoms with Crippen molar-refractivity contribution in [1.29, 1.82) is 0 Å². The fraction of sp³-hybridized carbons (Fsp3) is 0.500. The van der Waals surface area contributed by atoms with Crippen LogP contribution in [-0.4, -0.2) is 22.2 Å². The van der Waals surface area contributed by atoms with Crippen LogP contribution in [0.5, 0.6) is 0 Å². The van der Waals surface area contributed by atoms with Gasteiger partial charge in [-0.05, 0) is 0 Å². The lowest BCUT2D eigenvalue weighted by Crippen LogP contribution is -1.83. The van der Waals surface area contributed by atoms with E-state index in [1.807, 2.05) is 0 Å². The number of hydrogen-bond acceptors (Lipinski definition) is 0. The summed E-state index contributed by atoms with van der Waals surface area (Å²) in [5.74, 6) is 4.45. The van der Waals surface area contributed by atoms with Crippen LogP contribution in [0.3, 0.4) is 0 Å². The average Bonchev–Trinajstić information content (AvgIpc) is 1.69. The summed E-state index contributed by atoms with van der Waals surface area (Å²) in [5.41, 5.74) is 0. The van der Waals surface area contributed by atoms with Crippen molar-refractivity contribution in [2.75, 3.05) is 0 Å². The topological polar surface area (TPSA) is 0 Å². The smallest absolute Gasteiger partial charge is 0.141 e. The quantitative estimate of drug-likeness (QED) is 0.404. The summed E-state index contributed by atoms with van der Waals surface area (Å²) in [4.78, 5) is 0. The molecule has 0 bridgehead atoms. The van der Waals surface area contributed by atoms with Gasteiger partial charge in [-0.15, -0.1) is 12.0 Å². The molecule has 0 aliphatic heterocycles. The standard InChI is InChI=1S/C4H11B3/c1-2-6-3-4-7-5/h3-4,6-7H,2,5H2,1H3/b4-3+. The maximum Gasteiger partial charge on any atom is 0.146 e. The van der Waals surface area contributed by atoms with Crippen LogP contribution in [0.25, 0.3) is 0 Å². The van der Waals surface area contributed by atoms with Gasteiger partial charge in [0, 0.05) is 0 Å². The Bertz CT molecular complexity index is 50.9. The van der Waals surface area contributed by atoms with E-state index in [4.69, 9.17) is 0 Å². The molecule has 0 saturated carbocycles. The van der Waals surface area contributed by atoms with Crippen molar-refractivity contribution in [2.24, 2.45) is 0 Å². The van der Waals surface area contributed by atoms with E-state index in [-0.39, 0.29) is 0 Å². The van der Waals surface area contributed by atoms with Gasteiger partial charge in [0.1, 0.15) is 14.4 Å². The molecule has 0 fully saturated rings. The minimum atomic E-state index is 1.18. The van der Waals surface area contributed by atoms with E-state index in [1.54, 1.807) is 0 Å². The Balaban J connectivity index is 2.78. The molecule has 7 heavy (non-hydrogen) atoms. The van der Waals surface area contributed by atoms with E-state index in [9.17, 15) is 0 Å². The van der Waals surface area contributed by atoms with Gasteiger partial charge in [0.2, 0.25) is 0 Å². The van der Waals surface area contributed by atoms with Gasteiger partial charge in [-0.2, -0.15) is 0 Å². The van der Waals surface area contributed by atoms with Crippen LogP contribution in [0, 0.1) is 0 Å². The Hall–Kier alpha value is -0.0652. The fourth-order valence-electron chi connectivity index (χ4n) is 0.451. The van der Waals surface area contributed by atoms with Gasteiger partial charge >= 0.3 is 0 Å². The van der Waals surface area contributed by atoms with Gasteiger partial charge in [0.15, 0.2) is 0 Å². The zero-order valence-electron chi connectivity index (χ0n) is 5.28. The number of rotatable bonds is 3. The molecule has 0 heterocycles. The first-order valence-corrected chi connectivity index (χ1v) is 3.06. The Morgan fingerprint density at radius 3 is 2.71 bits per heavy atom. The van der Waals surface area contributed by atoms with Gasteiger partial charge < -0.3 is 0 Å². The molecule has 0 nitrogen and oxygen atoms in total. The lowest BCUT2D eigenvalue weighted by Gasteiger charge is -1.75. The van der Waals surface area contributed by atoms with Crippen LogP contribution in [0.2, 0.25) is 6.32 Å². The Labute approximate surface area is 48.3 Å². The summed E-state index contributed by atoms with van der Waals surface area (Å²) in [6, 6.07) is 0. The first-order valence-electron chi connectivity index (χ1n) is 3.06. The van der Waals surface area contributed by atoms with Crippen molar-refractivity contribution in [2.45, 2.75) is 13.2 Å². The average molecular weight is 91.6 g/mol. The SMILES string of the molecule is BB/C=C/BCC. The van der Waals surface area contributed by atoms with E-state index >= 15 is 0 Å². The minimum Gasteiger partial charge on any atom is -0.141 e. The predicted octanol–water partition coefficient (Wildman–Crippen LogP) is -0.683. The maximum absolute atomic E-state index is 2.24. The van der Waals surface area contributed by atoms with Crippen molar-refractivity contribution < 1.29 is 0 Å². The third-order valence-electron chi connectivity index (χ3n) is 0.858. The highest BCUT2D eigenvalue weighted by Crippen LogP contribution is 1.73. The largest absolute Gasteiger partial charge is 0.146 e. The molecule has 0 aromatic rings. The van der Waals surface area contributed by atoms with Crippen LogP contribution in [0.15, 0.2) is 12.0 Å². The van der Waals surface area contributed by atoms with E-state index in [2.05, 4.69) is 26.6 Å². The Morgan fingerprint density at radius 2 is 2.29 bits per heavy atom. The molecule has 0 radical (unpaired) electrons. The molecule has 0 aromatic carbocycles. The second-order valence-corrected chi connectivity index (χ2v) is 1.67. The molecule has 0 aliphatic carbocycles. The molecule has 0 N–H and O–H groups in total. The second kappa shape index (κ2) is 5.93. The number of hydrogen-bond donors (Lipinski definition) is 0. The van der Waals surface area contributed by atoms with Crippen molar-refractivity contribution in [3.8, 4) is 0 Å². The summed E-state index contributed by atoms with van der Waals surface area (Å²) >= 11 is 0. The van der Waals surface area contributed by atoms with Gasteiger partial charge in [-0.1, -0.05) is 13.2 Å². The molecular formula is C4H11B3. The highest BCUT2D eigenvalue weighted by molar-refractivity contribution is 6.92. The molecule has 0 saturated heterocycles. The summed E-state index contributed by atoms with van der Waals surface area (Å²) < 4.78 is 0. The predicted molar refractivity (Wildman–Crippen MR) is 42.5 cm³/mol. The molecule has 0 rings (SSSR count). The summed E-state index contributed by atoms with van der Waals surface area (Å²) in [7, 11) is 4.58.